The molecule has 1 aromatic carbocycles. The number of nitro groups is 1. The van der Waals surface area contributed by atoms with Gasteiger partial charge in [-0.3, -0.25) is 10.1 Å². The first-order valence-corrected chi connectivity index (χ1v) is 11.6. The molecule has 2 saturated heterocycles. The van der Waals surface area contributed by atoms with E-state index in [1.807, 2.05) is 17.0 Å². The zero-order valence-corrected chi connectivity index (χ0v) is 17.7. The maximum absolute atomic E-state index is 12.8. The number of aromatic nitrogens is 2. The third-order valence-corrected chi connectivity index (χ3v) is 7.35. The summed E-state index contributed by atoms with van der Waals surface area (Å²) < 4.78 is 32.6. The molecule has 1 atom stereocenters. The lowest BCUT2D eigenvalue weighted by molar-refractivity contribution is -0.384. The number of nitro benzene ring substituents is 1. The van der Waals surface area contributed by atoms with Gasteiger partial charge in [-0.25, -0.2) is 8.42 Å². The molecule has 0 spiro atoms. The van der Waals surface area contributed by atoms with E-state index in [1.54, 1.807) is 0 Å². The van der Waals surface area contributed by atoms with E-state index in [0.29, 0.717) is 44.4 Å². The van der Waals surface area contributed by atoms with E-state index in [9.17, 15) is 18.5 Å². The van der Waals surface area contributed by atoms with Crippen LogP contribution in [0.1, 0.15) is 12.8 Å². The van der Waals surface area contributed by atoms with Gasteiger partial charge < -0.3 is 15.0 Å². The molecule has 0 amide bonds. The highest BCUT2D eigenvalue weighted by Crippen LogP contribution is 2.22. The van der Waals surface area contributed by atoms with Gasteiger partial charge in [0.1, 0.15) is 5.82 Å². The van der Waals surface area contributed by atoms with Crippen molar-refractivity contribution in [3.63, 3.8) is 0 Å². The van der Waals surface area contributed by atoms with Crippen LogP contribution in [0.5, 0.6) is 0 Å². The number of hydrogen-bond acceptors (Lipinski definition) is 9. The Kier molecular flexibility index (Phi) is 6.30. The summed E-state index contributed by atoms with van der Waals surface area (Å²) >= 11 is 0. The van der Waals surface area contributed by atoms with Gasteiger partial charge in [0.2, 0.25) is 10.0 Å². The number of nitrogens with one attached hydrogen (secondary N) is 1. The van der Waals surface area contributed by atoms with Crippen LogP contribution in [-0.2, 0) is 14.8 Å². The van der Waals surface area contributed by atoms with Gasteiger partial charge in [0, 0.05) is 51.5 Å². The van der Waals surface area contributed by atoms with E-state index in [4.69, 9.17) is 4.74 Å². The Morgan fingerprint density at radius 3 is 2.42 bits per heavy atom. The second-order valence-electron chi connectivity index (χ2n) is 7.43. The van der Waals surface area contributed by atoms with Gasteiger partial charge in [0.05, 0.1) is 15.9 Å². The maximum atomic E-state index is 12.8. The lowest BCUT2D eigenvalue weighted by Crippen LogP contribution is -2.49. The van der Waals surface area contributed by atoms with Crippen molar-refractivity contribution in [2.75, 3.05) is 49.5 Å². The summed E-state index contributed by atoms with van der Waals surface area (Å²) in [4.78, 5) is 12.2. The standard InChI is InChI=1S/C19H24N6O5S/c26-25(27)15-3-5-17(6-4-15)31(28,29)24-11-9-23(10-12-24)19-8-7-18(21-22-19)20-14-16-2-1-13-30-16/h3-8,16H,1-2,9-14H2,(H,20,21)/t16-/m1/s1. The Hall–Kier alpha value is -2.83. The van der Waals surface area contributed by atoms with Crippen LogP contribution in [0, 0.1) is 10.1 Å². The molecule has 4 rings (SSSR count). The number of sulfonamides is 1. The van der Waals surface area contributed by atoms with E-state index in [-0.39, 0.29) is 16.7 Å². The summed E-state index contributed by atoms with van der Waals surface area (Å²) in [5.74, 6) is 1.37. The summed E-state index contributed by atoms with van der Waals surface area (Å²) in [5, 5.41) is 22.5. The number of nitrogens with zero attached hydrogens (tertiary/aromatic N) is 5. The summed E-state index contributed by atoms with van der Waals surface area (Å²) in [7, 11) is -3.71. The van der Waals surface area contributed by atoms with Crippen molar-refractivity contribution < 1.29 is 18.1 Å². The zero-order valence-electron chi connectivity index (χ0n) is 16.9. The summed E-state index contributed by atoms with van der Waals surface area (Å²) in [6, 6.07) is 8.67. The summed E-state index contributed by atoms with van der Waals surface area (Å²) in [6.45, 7) is 3.04. The molecule has 2 aliphatic heterocycles. The molecule has 1 N–H and O–H groups in total. The zero-order chi connectivity index (χ0) is 21.8. The summed E-state index contributed by atoms with van der Waals surface area (Å²) in [5.41, 5.74) is -0.143. The third kappa shape index (κ3) is 4.92. The van der Waals surface area contributed by atoms with Crippen LogP contribution in [0.3, 0.4) is 0 Å². The highest BCUT2D eigenvalue weighted by molar-refractivity contribution is 7.89. The van der Waals surface area contributed by atoms with Crippen LogP contribution < -0.4 is 10.2 Å². The molecule has 166 valence electrons. The molecule has 0 unspecified atom stereocenters. The molecule has 12 heteroatoms. The average Bonchev–Trinajstić information content (AvgIpc) is 3.32. The summed E-state index contributed by atoms with van der Waals surface area (Å²) in [6.07, 6.45) is 2.35. The molecule has 0 radical (unpaired) electrons. The minimum Gasteiger partial charge on any atom is -0.376 e. The van der Waals surface area contributed by atoms with Crippen LogP contribution in [0.25, 0.3) is 0 Å². The lowest BCUT2D eigenvalue weighted by Gasteiger charge is -2.34. The van der Waals surface area contributed by atoms with E-state index in [2.05, 4.69) is 15.5 Å². The van der Waals surface area contributed by atoms with Crippen molar-refractivity contribution in [3.05, 3.63) is 46.5 Å². The average molecular weight is 449 g/mol. The molecule has 0 aliphatic carbocycles. The van der Waals surface area contributed by atoms with Crippen molar-refractivity contribution in [1.29, 1.82) is 0 Å². The van der Waals surface area contributed by atoms with E-state index < -0.39 is 14.9 Å². The van der Waals surface area contributed by atoms with Crippen molar-refractivity contribution in [2.24, 2.45) is 0 Å². The number of piperazine rings is 1. The number of benzene rings is 1. The van der Waals surface area contributed by atoms with Gasteiger partial charge in [-0.2, -0.15) is 4.31 Å². The second-order valence-corrected chi connectivity index (χ2v) is 9.37. The maximum Gasteiger partial charge on any atom is 0.269 e. The van der Waals surface area contributed by atoms with Crippen LogP contribution in [0.4, 0.5) is 17.3 Å². The number of rotatable bonds is 7. The Balaban J connectivity index is 1.32. The van der Waals surface area contributed by atoms with E-state index >= 15 is 0 Å². The fourth-order valence-corrected chi connectivity index (χ4v) is 5.08. The first-order valence-electron chi connectivity index (χ1n) is 10.1. The van der Waals surface area contributed by atoms with Gasteiger partial charge in [0.25, 0.3) is 5.69 Å². The molecule has 1 aromatic heterocycles. The Morgan fingerprint density at radius 2 is 1.84 bits per heavy atom. The van der Waals surface area contributed by atoms with Crippen LogP contribution in [-0.4, -0.2) is 73.3 Å². The van der Waals surface area contributed by atoms with Gasteiger partial charge in [-0.15, -0.1) is 10.2 Å². The first kappa shape index (κ1) is 21.4. The fourth-order valence-electron chi connectivity index (χ4n) is 3.66. The molecular formula is C19H24N6O5S. The highest BCUT2D eigenvalue weighted by atomic mass is 32.2. The van der Waals surface area contributed by atoms with Gasteiger partial charge >= 0.3 is 0 Å². The Labute approximate surface area is 180 Å². The van der Waals surface area contributed by atoms with Gasteiger partial charge in [0.15, 0.2) is 5.82 Å². The molecule has 3 heterocycles. The number of non-ortho nitro benzene ring substituents is 1. The molecule has 0 bridgehead atoms. The monoisotopic (exact) mass is 448 g/mol. The molecule has 2 fully saturated rings. The fraction of sp³-hybridized carbons (Fsp3) is 0.474. The van der Waals surface area contributed by atoms with Crippen LogP contribution >= 0.6 is 0 Å². The van der Waals surface area contributed by atoms with E-state index in [0.717, 1.165) is 19.4 Å². The van der Waals surface area contributed by atoms with Crippen molar-refractivity contribution in [1.82, 2.24) is 14.5 Å². The minimum atomic E-state index is -3.71. The topological polar surface area (TPSA) is 131 Å². The van der Waals surface area contributed by atoms with Crippen molar-refractivity contribution in [2.45, 2.75) is 23.8 Å². The third-order valence-electron chi connectivity index (χ3n) is 5.43. The predicted molar refractivity (Wildman–Crippen MR) is 114 cm³/mol. The normalized spacial score (nSPS) is 20.0. The van der Waals surface area contributed by atoms with Crippen molar-refractivity contribution >= 4 is 27.3 Å². The predicted octanol–water partition coefficient (Wildman–Crippen LogP) is 1.49. The Morgan fingerprint density at radius 1 is 1.10 bits per heavy atom. The lowest BCUT2D eigenvalue weighted by atomic mass is 10.2. The van der Waals surface area contributed by atoms with E-state index in [1.165, 1.54) is 28.6 Å². The van der Waals surface area contributed by atoms with Gasteiger partial charge in [-0.1, -0.05) is 0 Å². The highest BCUT2D eigenvalue weighted by Gasteiger charge is 2.29. The quantitative estimate of drug-likeness (QED) is 0.494. The van der Waals surface area contributed by atoms with Crippen molar-refractivity contribution in [3.8, 4) is 0 Å². The number of hydrogen-bond donors (Lipinski definition) is 1. The molecule has 0 saturated carbocycles. The molecule has 2 aliphatic rings. The SMILES string of the molecule is O=[N+]([O-])c1ccc(S(=O)(=O)N2CCN(c3ccc(NC[C@H]4CCCO4)nn3)CC2)cc1. The Bertz CT molecular complexity index is 1000. The number of anilines is 2. The minimum absolute atomic E-state index is 0.0491. The molecular weight excluding hydrogens is 424 g/mol. The molecule has 2 aromatic rings. The van der Waals surface area contributed by atoms with Crippen LogP contribution in [0.2, 0.25) is 0 Å². The first-order chi connectivity index (χ1) is 14.9. The number of ether oxygens (including phenoxy) is 1. The van der Waals surface area contributed by atoms with Crippen LogP contribution in [0.15, 0.2) is 41.3 Å². The molecule has 31 heavy (non-hydrogen) atoms. The smallest absolute Gasteiger partial charge is 0.269 e. The molecule has 11 nitrogen and oxygen atoms in total. The largest absolute Gasteiger partial charge is 0.376 e. The van der Waals surface area contributed by atoms with Gasteiger partial charge in [-0.05, 0) is 37.1 Å². The second kappa shape index (κ2) is 9.12.